The van der Waals surface area contributed by atoms with Gasteiger partial charge in [-0.15, -0.1) is 0 Å². The zero-order chi connectivity index (χ0) is 57.6. The van der Waals surface area contributed by atoms with E-state index in [9.17, 15) is 45.1 Å². The Morgan fingerprint density at radius 1 is 0.407 bits per heavy atom. The molecule has 0 aliphatic rings. The van der Waals surface area contributed by atoms with Crippen LogP contribution in [0.5, 0.6) is 17.2 Å². The van der Waals surface area contributed by atoms with E-state index in [1.165, 1.54) is 18.2 Å². The van der Waals surface area contributed by atoms with Gasteiger partial charge in [0.2, 0.25) is 0 Å². The lowest BCUT2D eigenvalue weighted by atomic mass is 10.1. The smallest absolute Gasteiger partial charge is 0.419 e. The molecule has 0 fully saturated rings. The van der Waals surface area contributed by atoms with Crippen molar-refractivity contribution in [3.05, 3.63) is 285 Å². The molecular formula is C61H48ClF7N6O6. The number of halogens is 8. The number of hydrogen-bond donors (Lipinski definition) is 3. The number of nitrogens with one attached hydrogen (secondary N) is 3. The van der Waals surface area contributed by atoms with E-state index in [4.69, 9.17) is 25.8 Å². The number of aromatic nitrogens is 3. The topological polar surface area (TPSA) is 154 Å². The van der Waals surface area contributed by atoms with Gasteiger partial charge in [0.05, 0.1) is 10.6 Å². The van der Waals surface area contributed by atoms with E-state index in [0.29, 0.717) is 70.8 Å². The fraction of sp³-hybridized carbons (Fsp3) is 0.115. The Morgan fingerprint density at radius 3 is 1.07 bits per heavy atom. The summed E-state index contributed by atoms with van der Waals surface area (Å²) in [5.74, 6) is -2.78. The van der Waals surface area contributed by atoms with Crippen molar-refractivity contribution >= 4 is 29.3 Å². The van der Waals surface area contributed by atoms with Crippen molar-refractivity contribution in [1.82, 2.24) is 30.9 Å². The van der Waals surface area contributed by atoms with Crippen LogP contribution in [0.4, 0.5) is 30.7 Å². The molecule has 414 valence electrons. The third-order valence-electron chi connectivity index (χ3n) is 11.4. The second-order valence-electron chi connectivity index (χ2n) is 17.4. The van der Waals surface area contributed by atoms with E-state index in [0.717, 1.165) is 41.0 Å². The second-order valence-corrected chi connectivity index (χ2v) is 17.8. The van der Waals surface area contributed by atoms with Gasteiger partial charge in [-0.1, -0.05) is 48.0 Å². The highest BCUT2D eigenvalue weighted by atomic mass is 35.5. The van der Waals surface area contributed by atoms with E-state index in [1.807, 2.05) is 24.3 Å². The quantitative estimate of drug-likeness (QED) is 0.0713. The minimum Gasteiger partial charge on any atom is -0.489 e. The van der Waals surface area contributed by atoms with Gasteiger partial charge in [-0.25, -0.2) is 17.6 Å². The maximum atomic E-state index is 13.6. The molecule has 12 nitrogen and oxygen atoms in total. The predicted molar refractivity (Wildman–Crippen MR) is 288 cm³/mol. The first-order chi connectivity index (χ1) is 39.1. The van der Waals surface area contributed by atoms with Crippen LogP contribution >= 0.6 is 11.6 Å². The number of pyridine rings is 3. The number of carbonyl (C=O) groups excluding carboxylic acids is 3. The lowest BCUT2D eigenvalue weighted by Gasteiger charge is -2.11. The highest BCUT2D eigenvalue weighted by Crippen LogP contribution is 2.32. The van der Waals surface area contributed by atoms with Gasteiger partial charge in [0, 0.05) is 73.5 Å². The molecule has 9 rings (SSSR count). The first-order valence-electron chi connectivity index (χ1n) is 24.5. The van der Waals surface area contributed by atoms with Crippen LogP contribution in [0.15, 0.2) is 201 Å². The van der Waals surface area contributed by atoms with Crippen LogP contribution < -0.4 is 30.2 Å². The third-order valence-corrected chi connectivity index (χ3v) is 11.7. The maximum absolute atomic E-state index is 13.6. The zero-order valence-corrected chi connectivity index (χ0v) is 43.4. The van der Waals surface area contributed by atoms with E-state index in [-0.39, 0.29) is 48.1 Å². The molecule has 20 heteroatoms. The molecule has 9 aromatic rings. The third kappa shape index (κ3) is 19.1. The number of rotatable bonds is 18. The number of benzene rings is 6. The van der Waals surface area contributed by atoms with E-state index in [2.05, 4.69) is 30.9 Å². The molecule has 6 aromatic carbocycles. The molecule has 3 amide bonds. The van der Waals surface area contributed by atoms with Crippen LogP contribution in [0.25, 0.3) is 0 Å². The summed E-state index contributed by atoms with van der Waals surface area (Å²) in [6.07, 6.45) is 5.31. The molecule has 3 aromatic heterocycles. The molecule has 81 heavy (non-hydrogen) atoms. The summed E-state index contributed by atoms with van der Waals surface area (Å²) in [6, 6.07) is 41.3. The Kier molecular flexibility index (Phi) is 21.4. The summed E-state index contributed by atoms with van der Waals surface area (Å²) in [5, 5.41) is 8.48. The molecule has 0 saturated heterocycles. The fourth-order valence-corrected chi connectivity index (χ4v) is 7.22. The summed E-state index contributed by atoms with van der Waals surface area (Å²) in [6.45, 7) is 1.34. The standard InChI is InChI=1S/C21H16F4N2O2.C20H16ClFN2O2.C20H16F2N2O2/c22-19-10-14(3-8-18(19)21(23,24)25)13-29-17-6-4-16(5-7-17)20(28)27-12-15-2-1-9-26-11-15;2*21-18-8-3-14(10-19(18)22)13-26-17-6-4-16(5-7-17)20(25)24-12-15-2-1-9-23-11-15/h1-11H,12-13H2,(H,27,28);2*1-11H,12-13H2,(H,24,25). The van der Waals surface area contributed by atoms with E-state index >= 15 is 0 Å². The Hall–Kier alpha value is -9.62. The molecule has 0 aliphatic carbocycles. The number of carbonyl (C=O) groups is 3. The second kappa shape index (κ2) is 29.4. The Morgan fingerprint density at radius 2 is 0.753 bits per heavy atom. The maximum Gasteiger partial charge on any atom is 0.419 e. The van der Waals surface area contributed by atoms with Gasteiger partial charge < -0.3 is 30.2 Å². The molecule has 0 unspecified atom stereocenters. The van der Waals surface area contributed by atoms with Gasteiger partial charge in [-0.3, -0.25) is 29.3 Å². The molecule has 3 N–H and O–H groups in total. The first-order valence-corrected chi connectivity index (χ1v) is 24.9. The largest absolute Gasteiger partial charge is 0.489 e. The highest BCUT2D eigenvalue weighted by Gasteiger charge is 2.34. The van der Waals surface area contributed by atoms with Gasteiger partial charge in [-0.05, 0) is 161 Å². The molecule has 0 saturated carbocycles. The first kappa shape index (κ1) is 59.0. The summed E-state index contributed by atoms with van der Waals surface area (Å²) >= 11 is 5.65. The van der Waals surface area contributed by atoms with Crippen LogP contribution in [0.3, 0.4) is 0 Å². The summed E-state index contributed by atoms with van der Waals surface area (Å²) in [5.41, 5.74) is 4.27. The van der Waals surface area contributed by atoms with E-state index < -0.39 is 35.0 Å². The number of alkyl halides is 3. The number of nitrogens with zero attached hydrogens (tertiary/aromatic N) is 3. The van der Waals surface area contributed by atoms with Gasteiger partial charge >= 0.3 is 6.18 Å². The average Bonchev–Trinajstić information content (AvgIpc) is 3.49. The molecule has 0 bridgehead atoms. The molecule has 0 aliphatic heterocycles. The number of ether oxygens (including phenoxy) is 3. The lowest BCUT2D eigenvalue weighted by molar-refractivity contribution is -0.140. The van der Waals surface area contributed by atoms with Gasteiger partial charge in [0.1, 0.15) is 48.7 Å². The summed E-state index contributed by atoms with van der Waals surface area (Å²) in [7, 11) is 0. The molecule has 3 heterocycles. The van der Waals surface area contributed by atoms with Crippen molar-refractivity contribution in [3.63, 3.8) is 0 Å². The van der Waals surface area contributed by atoms with Gasteiger partial charge in [0.25, 0.3) is 17.7 Å². The summed E-state index contributed by atoms with van der Waals surface area (Å²) < 4.78 is 107. The molecule has 0 radical (unpaired) electrons. The monoisotopic (exact) mass is 1130 g/mol. The van der Waals surface area contributed by atoms with Crippen LogP contribution in [-0.4, -0.2) is 32.7 Å². The minimum atomic E-state index is -4.74. The minimum absolute atomic E-state index is 0.0791. The van der Waals surface area contributed by atoms with Crippen LogP contribution in [-0.2, 0) is 45.6 Å². The molecular weight excluding hydrogens is 1080 g/mol. The fourth-order valence-electron chi connectivity index (χ4n) is 7.11. The van der Waals surface area contributed by atoms with Crippen molar-refractivity contribution in [2.75, 3.05) is 0 Å². The number of amides is 3. The Balaban J connectivity index is 0.000000176. The molecule has 0 spiro atoms. The molecule has 0 atom stereocenters. The Bertz CT molecular complexity index is 3330. The normalized spacial score (nSPS) is 10.7. The predicted octanol–water partition coefficient (Wildman–Crippen LogP) is 13.0. The van der Waals surface area contributed by atoms with Crippen LogP contribution in [0, 0.1) is 23.3 Å². The highest BCUT2D eigenvalue weighted by molar-refractivity contribution is 6.30. The lowest BCUT2D eigenvalue weighted by Crippen LogP contribution is -2.22. The van der Waals surface area contributed by atoms with Crippen molar-refractivity contribution in [2.45, 2.75) is 45.6 Å². The van der Waals surface area contributed by atoms with Crippen molar-refractivity contribution in [3.8, 4) is 17.2 Å². The van der Waals surface area contributed by atoms with Gasteiger partial charge in [-0.2, -0.15) is 13.2 Å². The average molecular weight is 1130 g/mol. The van der Waals surface area contributed by atoms with Crippen LogP contribution in [0.1, 0.15) is 70.0 Å². The van der Waals surface area contributed by atoms with Crippen molar-refractivity contribution < 1.29 is 59.3 Å². The van der Waals surface area contributed by atoms with Crippen molar-refractivity contribution in [1.29, 1.82) is 0 Å². The number of hydrogen-bond acceptors (Lipinski definition) is 9. The van der Waals surface area contributed by atoms with Gasteiger partial charge in [0.15, 0.2) is 11.6 Å². The SMILES string of the molecule is O=C(NCc1cccnc1)c1ccc(OCc2ccc(C(F)(F)F)c(F)c2)cc1.O=C(NCc1cccnc1)c1ccc(OCc2ccc(Cl)c(F)c2)cc1.O=C(NCc1cccnc1)c1ccc(OCc2ccc(F)c(F)c2)cc1. The Labute approximate surface area is 465 Å². The zero-order valence-electron chi connectivity index (χ0n) is 42.6. The van der Waals surface area contributed by atoms with E-state index in [1.54, 1.807) is 128 Å². The van der Waals surface area contributed by atoms with Crippen LogP contribution in [0.2, 0.25) is 5.02 Å². The van der Waals surface area contributed by atoms with Crippen molar-refractivity contribution in [2.24, 2.45) is 0 Å². The summed E-state index contributed by atoms with van der Waals surface area (Å²) in [4.78, 5) is 48.4.